The average molecular weight is 315 g/mol. The highest BCUT2D eigenvalue weighted by molar-refractivity contribution is 6.36. The summed E-state index contributed by atoms with van der Waals surface area (Å²) >= 11 is 12.2. The lowest BCUT2D eigenvalue weighted by Gasteiger charge is -2.11. The van der Waals surface area contributed by atoms with Gasteiger partial charge in [-0.25, -0.2) is 0 Å². The van der Waals surface area contributed by atoms with Crippen LogP contribution in [0.25, 0.3) is 0 Å². The van der Waals surface area contributed by atoms with E-state index in [1.165, 1.54) is 0 Å². The van der Waals surface area contributed by atoms with Crippen molar-refractivity contribution < 1.29 is 9.63 Å². The van der Waals surface area contributed by atoms with E-state index in [-0.39, 0.29) is 5.92 Å². The first-order valence-electron chi connectivity index (χ1n) is 6.46. The van der Waals surface area contributed by atoms with Gasteiger partial charge >= 0.3 is 0 Å². The van der Waals surface area contributed by atoms with Crippen molar-refractivity contribution in [1.82, 2.24) is 10.1 Å². The topological polar surface area (TPSA) is 59.2 Å². The first-order valence-corrected chi connectivity index (χ1v) is 7.22. The summed E-state index contributed by atoms with van der Waals surface area (Å²) in [6, 6.07) is 5.33. The summed E-state index contributed by atoms with van der Waals surface area (Å²) in [7, 11) is 0. The Morgan fingerprint density at radius 2 is 1.95 bits per heavy atom. The summed E-state index contributed by atoms with van der Waals surface area (Å²) in [5.41, 5.74) is 0.770. The van der Waals surface area contributed by atoms with E-state index >= 15 is 0 Å². The lowest BCUT2D eigenvalue weighted by Crippen LogP contribution is -2.14. The van der Waals surface area contributed by atoms with E-state index in [1.54, 1.807) is 18.2 Å². The second-order valence-corrected chi connectivity index (χ2v) is 5.50. The molecule has 2 atom stereocenters. The molecule has 0 aliphatic rings. The molecule has 0 saturated carbocycles. The van der Waals surface area contributed by atoms with E-state index in [9.17, 15) is 5.11 Å². The molecule has 1 heterocycles. The summed E-state index contributed by atoms with van der Waals surface area (Å²) in [5, 5.41) is 14.9. The van der Waals surface area contributed by atoms with Gasteiger partial charge in [0.15, 0.2) is 5.82 Å². The smallest absolute Gasteiger partial charge is 0.232 e. The summed E-state index contributed by atoms with van der Waals surface area (Å²) in [6.45, 7) is 3.76. The van der Waals surface area contributed by atoms with Gasteiger partial charge in [0.2, 0.25) is 5.89 Å². The van der Waals surface area contributed by atoms with Crippen LogP contribution in [0.3, 0.4) is 0 Å². The molecule has 0 spiro atoms. The number of benzene rings is 1. The molecule has 2 aromatic rings. The number of aromatic nitrogens is 2. The molecule has 4 nitrogen and oxygen atoms in total. The zero-order valence-electron chi connectivity index (χ0n) is 11.3. The standard InChI is InChI=1S/C14H16Cl2N2O2/c1-3-12(19)8(2)14-17-13(18-20-14)7-9-10(15)5-4-6-11(9)16/h4-6,8,12,19H,3,7H2,1-2H3. The maximum Gasteiger partial charge on any atom is 0.232 e. The van der Waals surface area contributed by atoms with Gasteiger partial charge in [0.05, 0.1) is 12.0 Å². The van der Waals surface area contributed by atoms with E-state index in [0.29, 0.717) is 34.6 Å². The van der Waals surface area contributed by atoms with Crippen LogP contribution in [-0.2, 0) is 6.42 Å². The number of nitrogens with zero attached hydrogens (tertiary/aromatic N) is 2. The average Bonchev–Trinajstić information content (AvgIpc) is 2.90. The third kappa shape index (κ3) is 3.32. The van der Waals surface area contributed by atoms with Crippen molar-refractivity contribution in [3.63, 3.8) is 0 Å². The van der Waals surface area contributed by atoms with E-state index in [2.05, 4.69) is 10.1 Å². The lowest BCUT2D eigenvalue weighted by molar-refractivity contribution is 0.129. The van der Waals surface area contributed by atoms with Crippen molar-refractivity contribution in [3.05, 3.63) is 45.5 Å². The monoisotopic (exact) mass is 314 g/mol. The molecule has 108 valence electrons. The maximum atomic E-state index is 9.80. The molecule has 1 N–H and O–H groups in total. The molecule has 6 heteroatoms. The molecule has 0 aliphatic heterocycles. The second kappa shape index (κ2) is 6.57. The van der Waals surface area contributed by atoms with Gasteiger partial charge in [-0.05, 0) is 24.1 Å². The number of aliphatic hydroxyl groups is 1. The summed E-state index contributed by atoms with van der Waals surface area (Å²) in [5.74, 6) is 0.741. The number of hydrogen-bond acceptors (Lipinski definition) is 4. The quantitative estimate of drug-likeness (QED) is 0.910. The Morgan fingerprint density at radius 3 is 2.55 bits per heavy atom. The van der Waals surface area contributed by atoms with Crippen molar-refractivity contribution in [2.24, 2.45) is 0 Å². The van der Waals surface area contributed by atoms with Crippen LogP contribution in [0.5, 0.6) is 0 Å². The first kappa shape index (κ1) is 15.3. The number of aliphatic hydroxyl groups excluding tert-OH is 1. The molecule has 2 unspecified atom stereocenters. The second-order valence-electron chi connectivity index (χ2n) is 4.69. The Kier molecular flexibility index (Phi) is 5.02. The SMILES string of the molecule is CCC(O)C(C)c1nc(Cc2c(Cl)cccc2Cl)no1. The van der Waals surface area contributed by atoms with Crippen LogP contribution in [0.2, 0.25) is 10.0 Å². The molecule has 1 aromatic carbocycles. The van der Waals surface area contributed by atoms with E-state index < -0.39 is 6.10 Å². The van der Waals surface area contributed by atoms with Gasteiger partial charge in [0.25, 0.3) is 0 Å². The first-order chi connectivity index (χ1) is 9.52. The van der Waals surface area contributed by atoms with Crippen molar-refractivity contribution in [2.45, 2.75) is 38.7 Å². The fraction of sp³-hybridized carbons (Fsp3) is 0.429. The molecular weight excluding hydrogens is 299 g/mol. The summed E-state index contributed by atoms with van der Waals surface area (Å²) in [4.78, 5) is 4.30. The molecule has 0 bridgehead atoms. The zero-order valence-corrected chi connectivity index (χ0v) is 12.8. The van der Waals surface area contributed by atoms with Crippen LogP contribution in [-0.4, -0.2) is 21.4 Å². The van der Waals surface area contributed by atoms with Crippen LogP contribution in [0.1, 0.15) is 43.5 Å². The molecule has 1 aromatic heterocycles. The third-order valence-electron chi connectivity index (χ3n) is 3.27. The minimum absolute atomic E-state index is 0.192. The van der Waals surface area contributed by atoms with E-state index in [0.717, 1.165) is 5.56 Å². The predicted octanol–water partition coefficient (Wildman–Crippen LogP) is 3.84. The highest BCUT2D eigenvalue weighted by Crippen LogP contribution is 2.27. The number of rotatable bonds is 5. The van der Waals surface area contributed by atoms with Crippen LogP contribution in [0, 0.1) is 0 Å². The maximum absolute atomic E-state index is 9.80. The van der Waals surface area contributed by atoms with E-state index in [4.69, 9.17) is 27.7 Å². The highest BCUT2D eigenvalue weighted by atomic mass is 35.5. The summed E-state index contributed by atoms with van der Waals surface area (Å²) in [6.07, 6.45) is 0.541. The molecule has 20 heavy (non-hydrogen) atoms. The van der Waals surface area contributed by atoms with Crippen LogP contribution in [0.15, 0.2) is 22.7 Å². The Bertz CT molecular complexity index is 566. The van der Waals surface area contributed by atoms with E-state index in [1.807, 2.05) is 13.8 Å². The van der Waals surface area contributed by atoms with Gasteiger partial charge < -0.3 is 9.63 Å². The third-order valence-corrected chi connectivity index (χ3v) is 3.97. The van der Waals surface area contributed by atoms with Gasteiger partial charge in [-0.2, -0.15) is 4.98 Å². The predicted molar refractivity (Wildman–Crippen MR) is 78.3 cm³/mol. The van der Waals surface area contributed by atoms with Crippen LogP contribution < -0.4 is 0 Å². The van der Waals surface area contributed by atoms with Crippen LogP contribution >= 0.6 is 23.2 Å². The Labute approximate surface area is 127 Å². The zero-order chi connectivity index (χ0) is 14.7. The number of halogens is 2. The fourth-order valence-corrected chi connectivity index (χ4v) is 2.43. The van der Waals surface area contributed by atoms with Crippen molar-refractivity contribution in [3.8, 4) is 0 Å². The summed E-state index contributed by atoms with van der Waals surface area (Å²) < 4.78 is 5.19. The van der Waals surface area contributed by atoms with Gasteiger partial charge in [-0.1, -0.05) is 48.3 Å². The Balaban J connectivity index is 2.18. The molecular formula is C14H16Cl2N2O2. The fourth-order valence-electron chi connectivity index (χ4n) is 1.90. The molecule has 2 rings (SSSR count). The van der Waals surface area contributed by atoms with Crippen molar-refractivity contribution in [1.29, 1.82) is 0 Å². The van der Waals surface area contributed by atoms with Gasteiger partial charge in [-0.15, -0.1) is 0 Å². The molecule has 0 saturated heterocycles. The highest BCUT2D eigenvalue weighted by Gasteiger charge is 2.21. The molecule has 0 radical (unpaired) electrons. The lowest BCUT2D eigenvalue weighted by atomic mass is 10.0. The Hall–Kier alpha value is -1.10. The van der Waals surface area contributed by atoms with Crippen molar-refractivity contribution in [2.75, 3.05) is 0 Å². The number of hydrogen-bond donors (Lipinski definition) is 1. The Morgan fingerprint density at radius 1 is 1.30 bits per heavy atom. The van der Waals surface area contributed by atoms with Crippen molar-refractivity contribution >= 4 is 23.2 Å². The minimum atomic E-state index is -0.493. The van der Waals surface area contributed by atoms with Crippen LogP contribution in [0.4, 0.5) is 0 Å². The normalized spacial score (nSPS) is 14.2. The minimum Gasteiger partial charge on any atom is -0.392 e. The molecule has 0 fully saturated rings. The molecule has 0 amide bonds. The van der Waals surface area contributed by atoms with Gasteiger partial charge in [0.1, 0.15) is 0 Å². The van der Waals surface area contributed by atoms with Gasteiger partial charge in [0, 0.05) is 16.5 Å². The van der Waals surface area contributed by atoms with Gasteiger partial charge in [-0.3, -0.25) is 0 Å². The largest absolute Gasteiger partial charge is 0.392 e. The molecule has 0 aliphatic carbocycles.